The van der Waals surface area contributed by atoms with Crippen LogP contribution in [0.2, 0.25) is 0 Å². The zero-order valence-electron chi connectivity index (χ0n) is 9.71. The number of hydrogen-bond acceptors (Lipinski definition) is 1. The number of aryl methyl sites for hydroxylation is 1. The molecule has 1 heteroatoms. The molecule has 1 aliphatic carbocycles. The van der Waals surface area contributed by atoms with Crippen molar-refractivity contribution in [2.24, 2.45) is 0 Å². The number of allylic oxidation sites excluding steroid dienone is 2. The van der Waals surface area contributed by atoms with Crippen LogP contribution in [0.15, 0.2) is 30.3 Å². The van der Waals surface area contributed by atoms with Crippen LogP contribution in [-0.4, -0.2) is 5.78 Å². The molecule has 0 fully saturated rings. The predicted molar refractivity (Wildman–Crippen MR) is 64.8 cm³/mol. The Balaban J connectivity index is 0.000000531. The number of Topliss-reactive ketones (excluding diaryl/α,β-unsaturated/α-hetero) is 1. The zero-order valence-corrected chi connectivity index (χ0v) is 9.71. The lowest BCUT2D eigenvalue weighted by atomic mass is 9.86. The Bertz CT molecular complexity index is 375. The quantitative estimate of drug-likeness (QED) is 0.587. The van der Waals surface area contributed by atoms with Gasteiger partial charge in [-0.1, -0.05) is 44.2 Å². The summed E-state index contributed by atoms with van der Waals surface area (Å²) in [6.07, 6.45) is 3.48. The normalized spacial score (nSPS) is 16.7. The van der Waals surface area contributed by atoms with Crippen molar-refractivity contribution >= 4 is 11.4 Å². The highest BCUT2D eigenvalue weighted by Gasteiger charge is 2.19. The predicted octanol–water partition coefficient (Wildman–Crippen LogP) is 3.63. The van der Waals surface area contributed by atoms with E-state index in [9.17, 15) is 4.79 Å². The van der Waals surface area contributed by atoms with Gasteiger partial charge in [0.1, 0.15) is 0 Å². The summed E-state index contributed by atoms with van der Waals surface area (Å²) in [6.45, 7) is 5.93. The molecule has 2 rings (SSSR count). The molecule has 0 aromatic heterocycles. The van der Waals surface area contributed by atoms with Gasteiger partial charge in [0.25, 0.3) is 0 Å². The van der Waals surface area contributed by atoms with Gasteiger partial charge in [-0.25, -0.2) is 0 Å². The first kappa shape index (κ1) is 11.7. The summed E-state index contributed by atoms with van der Waals surface area (Å²) >= 11 is 0. The Kier molecular flexibility index (Phi) is 4.29. The first-order valence-electron chi connectivity index (χ1n) is 5.60. The summed E-state index contributed by atoms with van der Waals surface area (Å²) in [5.41, 5.74) is 3.32. The second-order valence-electron chi connectivity index (χ2n) is 3.28. The standard InChI is InChI=1S/C12H12O.C2H6/c1-2-10-11-6-4-3-5-9(11)7-8-12(10)13;1-2/h2-6H,7-8H2,1H3;1-2H3. The molecule has 0 bridgehead atoms. The van der Waals surface area contributed by atoms with Gasteiger partial charge < -0.3 is 0 Å². The lowest BCUT2D eigenvalue weighted by Crippen LogP contribution is -2.11. The molecule has 1 nitrogen and oxygen atoms in total. The number of carbonyl (C=O) groups is 1. The number of fused-ring (bicyclic) bond motifs is 1. The first-order chi connectivity index (χ1) is 7.33. The van der Waals surface area contributed by atoms with Crippen LogP contribution in [0.1, 0.15) is 38.3 Å². The van der Waals surface area contributed by atoms with E-state index in [2.05, 4.69) is 6.07 Å². The molecule has 0 spiro atoms. The Labute approximate surface area is 91.8 Å². The zero-order chi connectivity index (χ0) is 11.3. The van der Waals surface area contributed by atoms with Crippen LogP contribution in [0.3, 0.4) is 0 Å². The molecule has 1 aromatic rings. The van der Waals surface area contributed by atoms with E-state index in [0.717, 1.165) is 17.6 Å². The van der Waals surface area contributed by atoms with Crippen molar-refractivity contribution < 1.29 is 4.79 Å². The number of hydrogen-bond donors (Lipinski definition) is 0. The smallest absolute Gasteiger partial charge is 0.163 e. The lowest BCUT2D eigenvalue weighted by molar-refractivity contribution is -0.113. The van der Waals surface area contributed by atoms with Crippen molar-refractivity contribution in [3.63, 3.8) is 0 Å². The largest absolute Gasteiger partial charge is 0.294 e. The molecule has 0 atom stereocenters. The fourth-order valence-corrected chi connectivity index (χ4v) is 1.85. The van der Waals surface area contributed by atoms with Gasteiger partial charge in [0, 0.05) is 12.0 Å². The molecule has 1 aromatic carbocycles. The number of carbonyl (C=O) groups excluding carboxylic acids is 1. The summed E-state index contributed by atoms with van der Waals surface area (Å²) < 4.78 is 0. The van der Waals surface area contributed by atoms with E-state index in [4.69, 9.17) is 0 Å². The van der Waals surface area contributed by atoms with Crippen LogP contribution in [-0.2, 0) is 11.2 Å². The van der Waals surface area contributed by atoms with Gasteiger partial charge in [0.05, 0.1) is 0 Å². The third-order valence-corrected chi connectivity index (χ3v) is 2.52. The van der Waals surface area contributed by atoms with Gasteiger partial charge in [-0.05, 0) is 24.5 Å². The van der Waals surface area contributed by atoms with E-state index in [1.54, 1.807) is 0 Å². The molecule has 0 N–H and O–H groups in total. The Hall–Kier alpha value is -1.37. The van der Waals surface area contributed by atoms with Gasteiger partial charge in [-0.15, -0.1) is 0 Å². The maximum atomic E-state index is 11.5. The molecule has 0 unspecified atom stereocenters. The SMILES string of the molecule is CC.CC=C1C(=O)CCc2ccccc21. The highest BCUT2D eigenvalue weighted by atomic mass is 16.1. The Morgan fingerprint density at radius 3 is 2.47 bits per heavy atom. The summed E-state index contributed by atoms with van der Waals surface area (Å²) in [5.74, 6) is 0.279. The van der Waals surface area contributed by atoms with Gasteiger partial charge in [-0.3, -0.25) is 4.79 Å². The summed E-state index contributed by atoms with van der Waals surface area (Å²) in [4.78, 5) is 11.5. The molecular weight excluding hydrogens is 184 g/mol. The van der Waals surface area contributed by atoms with Crippen molar-refractivity contribution in [2.75, 3.05) is 0 Å². The Morgan fingerprint density at radius 2 is 1.80 bits per heavy atom. The van der Waals surface area contributed by atoms with Gasteiger partial charge in [-0.2, -0.15) is 0 Å². The highest BCUT2D eigenvalue weighted by Crippen LogP contribution is 2.27. The fourth-order valence-electron chi connectivity index (χ4n) is 1.85. The van der Waals surface area contributed by atoms with Gasteiger partial charge in [0.2, 0.25) is 0 Å². The van der Waals surface area contributed by atoms with E-state index in [1.165, 1.54) is 5.56 Å². The van der Waals surface area contributed by atoms with Crippen LogP contribution >= 0.6 is 0 Å². The van der Waals surface area contributed by atoms with Crippen molar-refractivity contribution in [1.29, 1.82) is 0 Å². The van der Waals surface area contributed by atoms with Crippen LogP contribution in [0.4, 0.5) is 0 Å². The third kappa shape index (κ3) is 2.35. The molecule has 15 heavy (non-hydrogen) atoms. The van der Waals surface area contributed by atoms with E-state index in [1.807, 2.05) is 45.0 Å². The van der Waals surface area contributed by atoms with Crippen molar-refractivity contribution in [3.8, 4) is 0 Å². The molecule has 80 valence electrons. The summed E-state index contributed by atoms with van der Waals surface area (Å²) in [6, 6.07) is 8.15. The minimum absolute atomic E-state index is 0.279. The molecular formula is C14H18O. The second-order valence-corrected chi connectivity index (χ2v) is 3.28. The number of ketones is 1. The fraction of sp³-hybridized carbons (Fsp3) is 0.357. The maximum Gasteiger partial charge on any atom is 0.163 e. The average molecular weight is 202 g/mol. The monoisotopic (exact) mass is 202 g/mol. The number of benzene rings is 1. The first-order valence-corrected chi connectivity index (χ1v) is 5.60. The number of rotatable bonds is 0. The summed E-state index contributed by atoms with van der Waals surface area (Å²) in [7, 11) is 0. The molecule has 0 amide bonds. The van der Waals surface area contributed by atoms with Crippen molar-refractivity contribution in [1.82, 2.24) is 0 Å². The lowest BCUT2D eigenvalue weighted by Gasteiger charge is -2.17. The van der Waals surface area contributed by atoms with Crippen molar-refractivity contribution in [2.45, 2.75) is 33.6 Å². The average Bonchev–Trinajstić information content (AvgIpc) is 2.32. The minimum atomic E-state index is 0.279. The van der Waals surface area contributed by atoms with Crippen LogP contribution in [0.25, 0.3) is 5.57 Å². The van der Waals surface area contributed by atoms with Crippen LogP contribution in [0, 0.1) is 0 Å². The Morgan fingerprint density at radius 1 is 1.13 bits per heavy atom. The van der Waals surface area contributed by atoms with Crippen LogP contribution in [0.5, 0.6) is 0 Å². The third-order valence-electron chi connectivity index (χ3n) is 2.52. The molecule has 0 heterocycles. The van der Waals surface area contributed by atoms with E-state index >= 15 is 0 Å². The van der Waals surface area contributed by atoms with E-state index < -0.39 is 0 Å². The molecule has 1 aliphatic rings. The molecule has 0 radical (unpaired) electrons. The van der Waals surface area contributed by atoms with E-state index in [-0.39, 0.29) is 5.78 Å². The van der Waals surface area contributed by atoms with Gasteiger partial charge >= 0.3 is 0 Å². The molecule has 0 aliphatic heterocycles. The van der Waals surface area contributed by atoms with E-state index in [0.29, 0.717) is 6.42 Å². The van der Waals surface area contributed by atoms with Crippen molar-refractivity contribution in [3.05, 3.63) is 41.5 Å². The van der Waals surface area contributed by atoms with Crippen LogP contribution < -0.4 is 0 Å². The second kappa shape index (κ2) is 5.50. The van der Waals surface area contributed by atoms with Gasteiger partial charge in [0.15, 0.2) is 5.78 Å². The minimum Gasteiger partial charge on any atom is -0.294 e. The topological polar surface area (TPSA) is 17.1 Å². The summed E-state index contributed by atoms with van der Waals surface area (Å²) in [5, 5.41) is 0. The molecule has 0 saturated heterocycles. The molecule has 0 saturated carbocycles. The maximum absolute atomic E-state index is 11.5. The highest BCUT2D eigenvalue weighted by molar-refractivity contribution is 6.22.